The predicted octanol–water partition coefficient (Wildman–Crippen LogP) is 4.38. The second-order valence-electron chi connectivity index (χ2n) is 10.4. The van der Waals surface area contributed by atoms with Gasteiger partial charge in [0.2, 0.25) is 5.91 Å². The number of likely N-dealkylation sites (tertiary alicyclic amines) is 1. The lowest BCUT2D eigenvalue weighted by atomic mass is 9.78. The Morgan fingerprint density at radius 1 is 1.05 bits per heavy atom. The number of aliphatic hydroxyl groups excluding tert-OH is 1. The Morgan fingerprint density at radius 3 is 2.68 bits per heavy atom. The van der Waals surface area contributed by atoms with Crippen molar-refractivity contribution in [1.29, 1.82) is 0 Å². The molecule has 1 aromatic carbocycles. The van der Waals surface area contributed by atoms with E-state index < -0.39 is 22.6 Å². The minimum absolute atomic E-state index is 0.141. The highest BCUT2D eigenvalue weighted by molar-refractivity contribution is 8.02. The van der Waals surface area contributed by atoms with Crippen molar-refractivity contribution in [1.82, 2.24) is 4.90 Å². The van der Waals surface area contributed by atoms with Crippen molar-refractivity contribution >= 4 is 46.8 Å². The maximum Gasteiger partial charge on any atom is 0.311 e. The van der Waals surface area contributed by atoms with Gasteiger partial charge in [-0.2, -0.15) is 0 Å². The van der Waals surface area contributed by atoms with Crippen molar-refractivity contribution in [3.8, 4) is 0 Å². The van der Waals surface area contributed by atoms with Gasteiger partial charge in [0.25, 0.3) is 5.91 Å². The number of ether oxygens (including phenoxy) is 1. The number of thioether (sulfide) groups is 1. The molecule has 0 aliphatic carbocycles. The van der Waals surface area contributed by atoms with Crippen molar-refractivity contribution in [2.75, 3.05) is 31.2 Å². The van der Waals surface area contributed by atoms with Gasteiger partial charge in [-0.1, -0.05) is 60.9 Å². The summed E-state index contributed by atoms with van der Waals surface area (Å²) in [4.78, 5) is 45.4. The number of hydrogen-bond donors (Lipinski definition) is 1. The molecular weight excluding hydrogens is 524 g/mol. The van der Waals surface area contributed by atoms with Crippen molar-refractivity contribution in [2.24, 2.45) is 11.8 Å². The number of benzene rings is 1. The average molecular weight is 559 g/mol. The topological polar surface area (TPSA) is 87.2 Å². The first-order chi connectivity index (χ1) is 18.5. The lowest BCUT2D eigenvalue weighted by Gasteiger charge is -2.35. The summed E-state index contributed by atoms with van der Waals surface area (Å²) in [5.41, 5.74) is 0.612. The first-order valence-electron chi connectivity index (χ1n) is 13.7. The molecule has 204 valence electrons. The Kier molecular flexibility index (Phi) is 8.50. The Bertz CT molecular complexity index is 1130. The molecule has 1 unspecified atom stereocenters. The van der Waals surface area contributed by atoms with E-state index >= 15 is 0 Å². The van der Waals surface area contributed by atoms with E-state index in [9.17, 15) is 14.4 Å². The smallest absolute Gasteiger partial charge is 0.311 e. The summed E-state index contributed by atoms with van der Waals surface area (Å²) >= 11 is 8.08. The monoisotopic (exact) mass is 558 g/mol. The van der Waals surface area contributed by atoms with Gasteiger partial charge in [-0.15, -0.1) is 11.8 Å². The Balaban J connectivity index is 1.54. The van der Waals surface area contributed by atoms with E-state index in [0.717, 1.165) is 38.5 Å². The Labute approximate surface area is 233 Å². The summed E-state index contributed by atoms with van der Waals surface area (Å²) < 4.78 is 4.80. The van der Waals surface area contributed by atoms with E-state index in [0.29, 0.717) is 36.8 Å². The number of anilines is 1. The molecule has 2 saturated heterocycles. The van der Waals surface area contributed by atoms with E-state index in [1.165, 1.54) is 0 Å². The molecule has 2 amide bonds. The van der Waals surface area contributed by atoms with Crippen LogP contribution in [0.3, 0.4) is 0 Å². The minimum Gasteiger partial charge on any atom is -0.465 e. The van der Waals surface area contributed by atoms with Crippen LogP contribution in [-0.2, 0) is 19.1 Å². The number of rotatable bonds is 7. The van der Waals surface area contributed by atoms with Gasteiger partial charge in [0.05, 0.1) is 33.9 Å². The van der Waals surface area contributed by atoms with E-state index in [1.807, 2.05) is 36.4 Å². The summed E-state index contributed by atoms with van der Waals surface area (Å²) in [7, 11) is 0. The van der Waals surface area contributed by atoms with Crippen LogP contribution in [0.4, 0.5) is 5.69 Å². The lowest BCUT2D eigenvalue weighted by molar-refractivity contribution is -0.153. The maximum absolute atomic E-state index is 14.4. The fourth-order valence-electron chi connectivity index (χ4n) is 6.29. The molecule has 0 aromatic heterocycles. The highest BCUT2D eigenvalue weighted by Gasteiger charge is 2.70. The molecule has 1 aromatic rings. The van der Waals surface area contributed by atoms with E-state index in [-0.39, 0.29) is 29.6 Å². The van der Waals surface area contributed by atoms with Crippen LogP contribution in [0, 0.1) is 11.8 Å². The zero-order valence-corrected chi connectivity index (χ0v) is 23.0. The fourth-order valence-corrected chi connectivity index (χ4v) is 8.53. The number of nitrogens with zero attached hydrogens (tertiary/aromatic N) is 2. The van der Waals surface area contributed by atoms with Crippen molar-refractivity contribution in [2.45, 2.75) is 61.0 Å². The molecule has 5 atom stereocenters. The van der Waals surface area contributed by atoms with Crippen LogP contribution in [0.1, 0.15) is 44.9 Å². The number of carbonyl (C=O) groups excluding carboxylic acids is 3. The van der Waals surface area contributed by atoms with Gasteiger partial charge in [0, 0.05) is 24.9 Å². The first-order valence-corrected chi connectivity index (χ1v) is 14.9. The molecule has 0 saturated carbocycles. The molecule has 7 nitrogen and oxygen atoms in total. The molecule has 4 aliphatic rings. The molecule has 1 spiro atoms. The number of fused-ring (bicyclic) bond motifs is 2. The summed E-state index contributed by atoms with van der Waals surface area (Å²) in [5, 5.41) is 9.37. The number of aliphatic hydroxyl groups is 1. The van der Waals surface area contributed by atoms with E-state index in [2.05, 4.69) is 6.08 Å². The molecule has 38 heavy (non-hydrogen) atoms. The van der Waals surface area contributed by atoms with Crippen molar-refractivity contribution < 1.29 is 24.2 Å². The molecule has 2 fully saturated rings. The van der Waals surface area contributed by atoms with Crippen LogP contribution in [0.15, 0.2) is 48.6 Å². The van der Waals surface area contributed by atoms with E-state index in [4.69, 9.17) is 21.4 Å². The highest BCUT2D eigenvalue weighted by Crippen LogP contribution is 2.61. The number of unbranched alkanes of at least 4 members (excludes halogenated alkanes) is 3. The quantitative estimate of drug-likeness (QED) is 0.304. The van der Waals surface area contributed by atoms with Crippen molar-refractivity contribution in [3.05, 3.63) is 53.6 Å². The third-order valence-electron chi connectivity index (χ3n) is 8.05. The third kappa shape index (κ3) is 4.91. The minimum atomic E-state index is -0.873. The molecule has 0 radical (unpaired) electrons. The third-order valence-corrected chi connectivity index (χ3v) is 10.1. The maximum atomic E-state index is 14.4. The van der Waals surface area contributed by atoms with Crippen LogP contribution >= 0.6 is 23.4 Å². The fraction of sp³-hybridized carbons (Fsp3) is 0.552. The second kappa shape index (κ2) is 11.8. The molecule has 4 aliphatic heterocycles. The number of cyclic esters (lactones) is 1. The molecule has 0 bridgehead atoms. The second-order valence-corrected chi connectivity index (χ2v) is 12.3. The number of halogens is 1. The van der Waals surface area contributed by atoms with Crippen LogP contribution in [-0.4, -0.2) is 70.1 Å². The van der Waals surface area contributed by atoms with Crippen LogP contribution in [0.5, 0.6) is 0 Å². The summed E-state index contributed by atoms with van der Waals surface area (Å²) in [6, 6.07) is 6.50. The van der Waals surface area contributed by atoms with Crippen LogP contribution in [0.25, 0.3) is 0 Å². The predicted molar refractivity (Wildman–Crippen MR) is 149 cm³/mol. The Hall–Kier alpha value is -2.29. The molecule has 9 heteroatoms. The zero-order chi connectivity index (χ0) is 26.7. The normalized spacial score (nSPS) is 31.9. The number of allylic oxidation sites excluding steroid dienone is 1. The van der Waals surface area contributed by atoms with Gasteiger partial charge in [-0.25, -0.2) is 0 Å². The molecule has 1 N–H and O–H groups in total. The van der Waals surface area contributed by atoms with Crippen LogP contribution < -0.4 is 4.90 Å². The number of carbonyl (C=O) groups is 3. The van der Waals surface area contributed by atoms with Gasteiger partial charge < -0.3 is 19.6 Å². The number of amides is 2. The molecular formula is C29H35ClN2O5S. The lowest BCUT2D eigenvalue weighted by Crippen LogP contribution is -2.53. The largest absolute Gasteiger partial charge is 0.465 e. The molecule has 5 rings (SSSR count). The summed E-state index contributed by atoms with van der Waals surface area (Å²) in [6.45, 7) is 1.25. The average Bonchev–Trinajstić information content (AvgIpc) is 3.29. The first kappa shape index (κ1) is 27.3. The van der Waals surface area contributed by atoms with Gasteiger partial charge >= 0.3 is 5.97 Å². The number of para-hydroxylation sites is 1. The standard InChI is InChI=1S/C29H35ClN2O5S/c30-20-12-6-7-13-21(20)31-17-11-15-29-24(23-22(38-29)14-5-1-4-10-19-37-28(23)36)26(34)32(25(29)27(31)35)16-8-2-3-9-18-33/h5-7,11-15,22-25,33H,1-4,8-10,16-19H2/b14-5-/t22-,23+,24-,25?,29-/m0/s1. The number of hydrogen-bond acceptors (Lipinski definition) is 6. The van der Waals surface area contributed by atoms with Crippen molar-refractivity contribution in [3.63, 3.8) is 0 Å². The summed E-state index contributed by atoms with van der Waals surface area (Å²) in [5.74, 6) is -2.00. The highest BCUT2D eigenvalue weighted by atomic mass is 35.5. The number of esters is 1. The van der Waals surface area contributed by atoms with Gasteiger partial charge in [0.15, 0.2) is 0 Å². The van der Waals surface area contributed by atoms with Gasteiger partial charge in [-0.3, -0.25) is 14.4 Å². The Morgan fingerprint density at radius 2 is 1.87 bits per heavy atom. The SMILES string of the molecule is O=C1OCCCC/C=C\[C@@H]2S[C@]34C=CCN(c5ccccc5Cl)C(=O)C3N(CCCCCCO)C(=O)[C@@H]4[C@H]12. The van der Waals surface area contributed by atoms with Crippen LogP contribution in [0.2, 0.25) is 5.02 Å². The molecule has 4 heterocycles. The zero-order valence-electron chi connectivity index (χ0n) is 21.5. The van der Waals surface area contributed by atoms with Gasteiger partial charge in [0.1, 0.15) is 6.04 Å². The summed E-state index contributed by atoms with van der Waals surface area (Å²) in [6.07, 6.45) is 13.9. The van der Waals surface area contributed by atoms with Gasteiger partial charge in [-0.05, 0) is 44.2 Å². The van der Waals surface area contributed by atoms with E-state index in [1.54, 1.807) is 27.6 Å².